The van der Waals surface area contributed by atoms with Crippen LogP contribution in [-0.2, 0) is 6.42 Å². The molecule has 0 amide bonds. The van der Waals surface area contributed by atoms with Gasteiger partial charge in [0.2, 0.25) is 0 Å². The summed E-state index contributed by atoms with van der Waals surface area (Å²) in [5, 5.41) is 4.49. The maximum Gasteiger partial charge on any atom is 0.140 e. The standard InChI is InChI=1S/C22H16N4/c1-3-15-6-7-18(13-17(15)4-1)25-22-19-5-2-10-24-21(19)14-20(26-22)16-8-11-23-12-9-16/h1-2,4-14H,3H2,(H,25,26). The molecule has 3 heterocycles. The van der Waals surface area contributed by atoms with E-state index in [1.54, 1.807) is 12.4 Å². The third-order valence-corrected chi connectivity index (χ3v) is 4.62. The minimum absolute atomic E-state index is 0.810. The van der Waals surface area contributed by atoms with E-state index in [4.69, 9.17) is 4.98 Å². The Morgan fingerprint density at radius 3 is 2.77 bits per heavy atom. The van der Waals surface area contributed by atoms with E-state index in [1.165, 1.54) is 11.1 Å². The molecule has 1 aliphatic rings. The van der Waals surface area contributed by atoms with Gasteiger partial charge in [-0.25, -0.2) is 4.98 Å². The number of aromatic nitrogens is 3. The third kappa shape index (κ3) is 2.62. The molecule has 0 fully saturated rings. The van der Waals surface area contributed by atoms with Crippen LogP contribution in [0.4, 0.5) is 11.5 Å². The summed E-state index contributed by atoms with van der Waals surface area (Å²) >= 11 is 0. The first kappa shape index (κ1) is 14.8. The Morgan fingerprint density at radius 2 is 1.85 bits per heavy atom. The normalized spacial score (nSPS) is 12.3. The van der Waals surface area contributed by atoms with Crippen molar-refractivity contribution in [1.29, 1.82) is 0 Å². The Kier molecular flexibility index (Phi) is 3.46. The zero-order valence-corrected chi connectivity index (χ0v) is 14.1. The molecule has 0 unspecified atom stereocenters. The van der Waals surface area contributed by atoms with E-state index < -0.39 is 0 Å². The van der Waals surface area contributed by atoms with Gasteiger partial charge in [0.15, 0.2) is 0 Å². The fourth-order valence-electron chi connectivity index (χ4n) is 3.30. The molecule has 0 bridgehead atoms. The van der Waals surface area contributed by atoms with E-state index in [0.29, 0.717) is 0 Å². The van der Waals surface area contributed by atoms with Crippen molar-refractivity contribution in [2.45, 2.75) is 6.42 Å². The molecule has 0 saturated heterocycles. The summed E-state index contributed by atoms with van der Waals surface area (Å²) in [4.78, 5) is 13.5. The van der Waals surface area contributed by atoms with E-state index in [1.807, 2.05) is 36.5 Å². The molecule has 0 atom stereocenters. The van der Waals surface area contributed by atoms with Gasteiger partial charge in [-0.2, -0.15) is 0 Å². The average molecular weight is 336 g/mol. The minimum Gasteiger partial charge on any atom is -0.340 e. The van der Waals surface area contributed by atoms with Gasteiger partial charge in [0, 0.05) is 35.2 Å². The monoisotopic (exact) mass is 336 g/mol. The van der Waals surface area contributed by atoms with Crippen LogP contribution in [0.1, 0.15) is 11.1 Å². The summed E-state index contributed by atoms with van der Waals surface area (Å²) in [6, 6.07) is 16.4. The molecule has 1 N–H and O–H groups in total. The molecule has 5 rings (SSSR count). The van der Waals surface area contributed by atoms with Crippen molar-refractivity contribution in [2.75, 3.05) is 5.32 Å². The summed E-state index contributed by atoms with van der Waals surface area (Å²) in [6.45, 7) is 0. The molecule has 4 aromatic rings. The molecule has 4 nitrogen and oxygen atoms in total. The lowest BCUT2D eigenvalue weighted by molar-refractivity contribution is 1.28. The summed E-state index contributed by atoms with van der Waals surface area (Å²) in [6.07, 6.45) is 10.7. The van der Waals surface area contributed by atoms with E-state index in [0.717, 1.165) is 40.1 Å². The molecule has 124 valence electrons. The van der Waals surface area contributed by atoms with Crippen LogP contribution in [-0.4, -0.2) is 15.0 Å². The van der Waals surface area contributed by atoms with Crippen LogP contribution in [0.25, 0.3) is 28.2 Å². The number of pyridine rings is 3. The summed E-state index contributed by atoms with van der Waals surface area (Å²) < 4.78 is 0. The second-order valence-corrected chi connectivity index (χ2v) is 6.31. The third-order valence-electron chi connectivity index (χ3n) is 4.62. The van der Waals surface area contributed by atoms with Crippen LogP contribution in [0.3, 0.4) is 0 Å². The summed E-state index contributed by atoms with van der Waals surface area (Å²) in [7, 11) is 0. The first-order valence-corrected chi connectivity index (χ1v) is 8.59. The quantitative estimate of drug-likeness (QED) is 0.572. The molecule has 1 aliphatic carbocycles. The number of hydrogen-bond donors (Lipinski definition) is 1. The Morgan fingerprint density at radius 1 is 0.923 bits per heavy atom. The number of rotatable bonds is 3. The molecule has 26 heavy (non-hydrogen) atoms. The van der Waals surface area contributed by atoms with Crippen LogP contribution in [0, 0.1) is 0 Å². The number of fused-ring (bicyclic) bond motifs is 2. The molecule has 4 heteroatoms. The highest BCUT2D eigenvalue weighted by atomic mass is 15.0. The van der Waals surface area contributed by atoms with Gasteiger partial charge in [-0.3, -0.25) is 9.97 Å². The highest BCUT2D eigenvalue weighted by Gasteiger charge is 2.11. The lowest BCUT2D eigenvalue weighted by Gasteiger charge is -2.12. The SMILES string of the molecule is C1=Cc2cc(Nc3nc(-c4ccncc4)cc4ncccc34)ccc2C1. The number of nitrogens with zero attached hydrogens (tertiary/aromatic N) is 3. The Balaban J connectivity index is 1.63. The van der Waals surface area contributed by atoms with Crippen LogP contribution >= 0.6 is 0 Å². The van der Waals surface area contributed by atoms with Crippen molar-refractivity contribution < 1.29 is 0 Å². The van der Waals surface area contributed by atoms with Gasteiger partial charge in [-0.15, -0.1) is 0 Å². The van der Waals surface area contributed by atoms with Crippen LogP contribution in [0.2, 0.25) is 0 Å². The molecular formula is C22H16N4. The predicted octanol–water partition coefficient (Wildman–Crippen LogP) is 5.00. The number of allylic oxidation sites excluding steroid dienone is 1. The summed E-state index contributed by atoms with van der Waals surface area (Å²) in [5.41, 5.74) is 6.47. The van der Waals surface area contributed by atoms with E-state index in [2.05, 4.69) is 45.6 Å². The smallest absolute Gasteiger partial charge is 0.140 e. The Labute approximate surface area is 151 Å². The zero-order valence-electron chi connectivity index (χ0n) is 14.1. The van der Waals surface area contributed by atoms with Gasteiger partial charge in [0.05, 0.1) is 11.2 Å². The van der Waals surface area contributed by atoms with E-state index in [-0.39, 0.29) is 0 Å². The number of hydrogen-bond acceptors (Lipinski definition) is 4. The number of nitrogens with one attached hydrogen (secondary N) is 1. The van der Waals surface area contributed by atoms with Crippen molar-refractivity contribution in [3.05, 3.63) is 84.3 Å². The Hall–Kier alpha value is -3.53. The number of benzene rings is 1. The zero-order chi connectivity index (χ0) is 17.3. The second kappa shape index (κ2) is 6.08. The van der Waals surface area contributed by atoms with Gasteiger partial charge in [0.1, 0.15) is 5.82 Å². The van der Waals surface area contributed by atoms with E-state index >= 15 is 0 Å². The molecule has 0 spiro atoms. The maximum absolute atomic E-state index is 4.86. The summed E-state index contributed by atoms with van der Waals surface area (Å²) in [5.74, 6) is 0.810. The maximum atomic E-state index is 4.86. The molecule has 0 saturated carbocycles. The fraction of sp³-hybridized carbons (Fsp3) is 0.0455. The van der Waals surface area contributed by atoms with Crippen molar-refractivity contribution in [2.24, 2.45) is 0 Å². The van der Waals surface area contributed by atoms with Crippen molar-refractivity contribution in [3.8, 4) is 11.3 Å². The van der Waals surface area contributed by atoms with Gasteiger partial charge >= 0.3 is 0 Å². The molecule has 0 radical (unpaired) electrons. The van der Waals surface area contributed by atoms with Crippen LogP contribution in [0.5, 0.6) is 0 Å². The van der Waals surface area contributed by atoms with Crippen LogP contribution < -0.4 is 5.32 Å². The van der Waals surface area contributed by atoms with Gasteiger partial charge < -0.3 is 5.32 Å². The molecule has 1 aromatic carbocycles. The molecule has 3 aromatic heterocycles. The molecule has 0 aliphatic heterocycles. The lowest BCUT2D eigenvalue weighted by Crippen LogP contribution is -1.98. The van der Waals surface area contributed by atoms with Gasteiger partial charge in [0.25, 0.3) is 0 Å². The highest BCUT2D eigenvalue weighted by Crippen LogP contribution is 2.30. The highest BCUT2D eigenvalue weighted by molar-refractivity contribution is 5.93. The van der Waals surface area contributed by atoms with E-state index in [9.17, 15) is 0 Å². The van der Waals surface area contributed by atoms with Gasteiger partial charge in [-0.05, 0) is 60.0 Å². The topological polar surface area (TPSA) is 50.7 Å². The molecular weight excluding hydrogens is 320 g/mol. The second-order valence-electron chi connectivity index (χ2n) is 6.31. The largest absolute Gasteiger partial charge is 0.340 e. The van der Waals surface area contributed by atoms with Crippen molar-refractivity contribution in [3.63, 3.8) is 0 Å². The predicted molar refractivity (Wildman–Crippen MR) is 105 cm³/mol. The van der Waals surface area contributed by atoms with Crippen LogP contribution in [0.15, 0.2) is 73.2 Å². The number of anilines is 2. The van der Waals surface area contributed by atoms with Crippen molar-refractivity contribution >= 4 is 28.5 Å². The van der Waals surface area contributed by atoms with Gasteiger partial charge in [-0.1, -0.05) is 18.2 Å². The average Bonchev–Trinajstić information content (AvgIpc) is 3.16. The van der Waals surface area contributed by atoms with Crippen molar-refractivity contribution in [1.82, 2.24) is 15.0 Å². The Bertz CT molecular complexity index is 1130. The lowest BCUT2D eigenvalue weighted by atomic mass is 10.1. The first-order chi connectivity index (χ1) is 12.9. The minimum atomic E-state index is 0.810. The fourth-order valence-corrected chi connectivity index (χ4v) is 3.30. The first-order valence-electron chi connectivity index (χ1n) is 8.59.